The van der Waals surface area contributed by atoms with Gasteiger partial charge in [-0.15, -0.1) is 0 Å². The summed E-state index contributed by atoms with van der Waals surface area (Å²) in [7, 11) is 1.42. The molecule has 0 unspecified atom stereocenters. The lowest BCUT2D eigenvalue weighted by atomic mass is 10.1. The Morgan fingerprint density at radius 3 is 1.78 bits per heavy atom. The average molecular weight is 480 g/mol. The van der Waals surface area contributed by atoms with Gasteiger partial charge in [-0.25, -0.2) is 0 Å². The number of nitrogens with zero attached hydrogens (tertiary/aromatic N) is 4. The second-order valence-corrected chi connectivity index (χ2v) is 7.59. The fraction of sp³-hybridized carbons (Fsp3) is 0.0400. The van der Waals surface area contributed by atoms with Crippen LogP contribution in [0.3, 0.4) is 0 Å². The van der Waals surface area contributed by atoms with Gasteiger partial charge in [0.25, 0.3) is 11.8 Å². The Kier molecular flexibility index (Phi) is 6.17. The van der Waals surface area contributed by atoms with E-state index in [0.717, 1.165) is 11.1 Å². The summed E-state index contributed by atoms with van der Waals surface area (Å²) in [5.41, 5.74) is 3.44. The molecule has 36 heavy (non-hydrogen) atoms. The van der Waals surface area contributed by atoms with E-state index in [2.05, 4.69) is 41.0 Å². The summed E-state index contributed by atoms with van der Waals surface area (Å²) in [5.74, 6) is -0.743. The van der Waals surface area contributed by atoms with Crippen molar-refractivity contribution in [1.82, 2.24) is 30.4 Å². The van der Waals surface area contributed by atoms with Crippen molar-refractivity contribution in [2.75, 3.05) is 17.7 Å². The fourth-order valence-electron chi connectivity index (χ4n) is 3.39. The number of amides is 2. The van der Waals surface area contributed by atoms with Crippen molar-refractivity contribution in [3.8, 4) is 28.4 Å². The summed E-state index contributed by atoms with van der Waals surface area (Å²) in [6.45, 7) is 0. The fourth-order valence-corrected chi connectivity index (χ4v) is 3.39. The normalized spacial score (nSPS) is 10.6. The second-order valence-electron chi connectivity index (χ2n) is 7.59. The molecule has 5 rings (SSSR count). The Morgan fingerprint density at radius 2 is 1.25 bits per heavy atom. The van der Waals surface area contributed by atoms with Crippen LogP contribution in [0.15, 0.2) is 78.9 Å². The van der Waals surface area contributed by atoms with E-state index < -0.39 is 11.8 Å². The second kappa shape index (κ2) is 9.89. The van der Waals surface area contributed by atoms with Crippen molar-refractivity contribution in [2.24, 2.45) is 0 Å². The molecule has 2 aromatic carbocycles. The third-order valence-corrected chi connectivity index (χ3v) is 5.16. The minimum Gasteiger partial charge on any atom is -0.481 e. The van der Waals surface area contributed by atoms with E-state index in [0.29, 0.717) is 11.4 Å². The number of hydrogen-bond acceptors (Lipinski definition) is 7. The molecule has 0 fully saturated rings. The lowest BCUT2D eigenvalue weighted by Gasteiger charge is -2.08. The number of methoxy groups -OCH3 is 1. The molecule has 0 saturated heterocycles. The van der Waals surface area contributed by atoms with Crippen LogP contribution in [-0.4, -0.2) is 49.3 Å². The number of carbonyl (C=O) groups excluding carboxylic acids is 2. The maximum absolute atomic E-state index is 12.8. The smallest absolute Gasteiger partial charge is 0.276 e. The number of aromatic nitrogens is 6. The van der Waals surface area contributed by atoms with Gasteiger partial charge in [0.05, 0.1) is 18.5 Å². The zero-order valence-corrected chi connectivity index (χ0v) is 19.0. The van der Waals surface area contributed by atoms with Crippen molar-refractivity contribution in [2.45, 2.75) is 0 Å². The predicted octanol–water partition coefficient (Wildman–Crippen LogP) is 3.77. The summed E-state index contributed by atoms with van der Waals surface area (Å²) < 4.78 is 5.20. The number of hydrogen-bond donors (Lipinski definition) is 4. The number of benzene rings is 2. The molecule has 4 N–H and O–H groups in total. The molecular formula is C25H20N8O3. The molecule has 3 aromatic heterocycles. The lowest BCUT2D eigenvalue weighted by molar-refractivity contribution is 0.101. The van der Waals surface area contributed by atoms with Gasteiger partial charge in [-0.2, -0.15) is 20.2 Å². The maximum atomic E-state index is 12.8. The highest BCUT2D eigenvalue weighted by Gasteiger charge is 2.16. The number of nitrogens with one attached hydrogen (secondary N) is 4. The Morgan fingerprint density at radius 1 is 0.722 bits per heavy atom. The Labute approximate surface area is 205 Å². The first-order chi connectivity index (χ1) is 17.6. The van der Waals surface area contributed by atoms with Gasteiger partial charge in [0.15, 0.2) is 0 Å². The van der Waals surface area contributed by atoms with Crippen LogP contribution < -0.4 is 15.4 Å². The van der Waals surface area contributed by atoms with E-state index in [-0.39, 0.29) is 29.0 Å². The van der Waals surface area contributed by atoms with Crippen LogP contribution >= 0.6 is 0 Å². The summed E-state index contributed by atoms with van der Waals surface area (Å²) in [6.07, 6.45) is 0. The predicted molar refractivity (Wildman–Crippen MR) is 133 cm³/mol. The molecule has 0 spiro atoms. The molecule has 0 aliphatic heterocycles. The molecule has 0 aliphatic carbocycles. The van der Waals surface area contributed by atoms with Gasteiger partial charge in [-0.05, 0) is 12.1 Å². The van der Waals surface area contributed by atoms with Crippen LogP contribution in [0.4, 0.5) is 11.8 Å². The molecule has 0 saturated carbocycles. The van der Waals surface area contributed by atoms with Crippen molar-refractivity contribution >= 4 is 23.6 Å². The van der Waals surface area contributed by atoms with Crippen molar-refractivity contribution in [3.05, 3.63) is 90.3 Å². The topological polar surface area (TPSA) is 151 Å². The van der Waals surface area contributed by atoms with Gasteiger partial charge in [0, 0.05) is 17.2 Å². The Balaban J connectivity index is 1.31. The number of rotatable bonds is 7. The van der Waals surface area contributed by atoms with Crippen LogP contribution in [0.2, 0.25) is 0 Å². The number of aromatic amines is 2. The highest BCUT2D eigenvalue weighted by atomic mass is 16.5. The molecule has 178 valence electrons. The third-order valence-electron chi connectivity index (χ3n) is 5.16. The Bertz CT molecular complexity index is 1400. The van der Waals surface area contributed by atoms with Gasteiger partial charge in [-0.3, -0.25) is 25.1 Å². The molecule has 0 bridgehead atoms. The third kappa shape index (κ3) is 4.94. The SMILES string of the molecule is COc1cc(NC(=O)c2cc(-c3ccccc3)n[nH]2)nc(NC(=O)c2cc(-c3ccccc3)n[nH]2)n1. The molecule has 0 aliphatic rings. The molecule has 11 nitrogen and oxygen atoms in total. The minimum atomic E-state index is -0.503. The molecular weight excluding hydrogens is 460 g/mol. The monoisotopic (exact) mass is 480 g/mol. The lowest BCUT2D eigenvalue weighted by Crippen LogP contribution is -2.18. The summed E-state index contributed by atoms with van der Waals surface area (Å²) in [5, 5.41) is 19.1. The highest BCUT2D eigenvalue weighted by molar-refractivity contribution is 6.04. The van der Waals surface area contributed by atoms with Crippen molar-refractivity contribution in [3.63, 3.8) is 0 Å². The van der Waals surface area contributed by atoms with Crippen LogP contribution in [0.5, 0.6) is 5.88 Å². The first-order valence-corrected chi connectivity index (χ1v) is 10.9. The zero-order chi connectivity index (χ0) is 24.9. The van der Waals surface area contributed by atoms with Gasteiger partial charge in [0.2, 0.25) is 11.8 Å². The van der Waals surface area contributed by atoms with E-state index in [1.54, 1.807) is 12.1 Å². The van der Waals surface area contributed by atoms with Gasteiger partial charge >= 0.3 is 0 Å². The maximum Gasteiger partial charge on any atom is 0.276 e. The number of carbonyl (C=O) groups is 2. The van der Waals surface area contributed by atoms with Gasteiger partial charge < -0.3 is 10.1 Å². The number of H-pyrrole nitrogens is 2. The zero-order valence-electron chi connectivity index (χ0n) is 19.0. The first-order valence-electron chi connectivity index (χ1n) is 10.9. The molecule has 5 aromatic rings. The highest BCUT2D eigenvalue weighted by Crippen LogP contribution is 2.21. The number of anilines is 2. The average Bonchev–Trinajstić information content (AvgIpc) is 3.60. The van der Waals surface area contributed by atoms with Crippen molar-refractivity contribution < 1.29 is 14.3 Å². The molecule has 11 heteroatoms. The standard InChI is InChI=1S/C25H20N8O3/c1-36-22-14-21(26-23(34)19-12-17(30-32-19)15-8-4-2-5-9-15)27-25(28-22)29-24(35)20-13-18(31-33-20)16-10-6-3-7-11-16/h2-14H,1H3,(H,30,32)(H,31,33)(H2,26,27,28,29,34,35). The first kappa shape index (κ1) is 22.5. The van der Waals surface area contributed by atoms with E-state index in [1.165, 1.54) is 13.2 Å². The van der Waals surface area contributed by atoms with Crippen LogP contribution in [0.1, 0.15) is 21.0 Å². The summed E-state index contributed by atoms with van der Waals surface area (Å²) >= 11 is 0. The van der Waals surface area contributed by atoms with Gasteiger partial charge in [0.1, 0.15) is 17.2 Å². The van der Waals surface area contributed by atoms with Crippen LogP contribution in [0.25, 0.3) is 22.5 Å². The van der Waals surface area contributed by atoms with Crippen molar-refractivity contribution in [1.29, 1.82) is 0 Å². The van der Waals surface area contributed by atoms with E-state index >= 15 is 0 Å². The molecule has 0 atom stereocenters. The molecule has 3 heterocycles. The van der Waals surface area contributed by atoms with E-state index in [9.17, 15) is 9.59 Å². The minimum absolute atomic E-state index is 0.0555. The van der Waals surface area contributed by atoms with Crippen LogP contribution in [-0.2, 0) is 0 Å². The van der Waals surface area contributed by atoms with Gasteiger partial charge in [-0.1, -0.05) is 60.7 Å². The number of ether oxygens (including phenoxy) is 1. The van der Waals surface area contributed by atoms with E-state index in [1.807, 2.05) is 60.7 Å². The van der Waals surface area contributed by atoms with Crippen LogP contribution in [0, 0.1) is 0 Å². The largest absolute Gasteiger partial charge is 0.481 e. The molecule has 2 amide bonds. The Hall–Kier alpha value is -5.32. The molecule has 0 radical (unpaired) electrons. The summed E-state index contributed by atoms with van der Waals surface area (Å²) in [4.78, 5) is 33.9. The summed E-state index contributed by atoms with van der Waals surface area (Å²) in [6, 6.07) is 23.6. The quantitative estimate of drug-likeness (QED) is 0.277. The van der Waals surface area contributed by atoms with E-state index in [4.69, 9.17) is 4.74 Å².